The van der Waals surface area contributed by atoms with Gasteiger partial charge in [-0.3, -0.25) is 9.35 Å². The zero-order valence-corrected chi connectivity index (χ0v) is 30.1. The summed E-state index contributed by atoms with van der Waals surface area (Å²) < 4.78 is 37.8. The Labute approximate surface area is 281 Å². The summed E-state index contributed by atoms with van der Waals surface area (Å²) in [7, 11) is -4.82. The number of rotatable bonds is 30. The number of aromatic nitrogens is 1. The molecular formula is C37H67NO7S. The van der Waals surface area contributed by atoms with E-state index in [4.69, 9.17) is 9.29 Å². The quantitative estimate of drug-likeness (QED) is 0.0378. The largest absolute Gasteiger partial charge is 0.550 e. The van der Waals surface area contributed by atoms with Gasteiger partial charge in [0.1, 0.15) is 6.54 Å². The van der Waals surface area contributed by atoms with E-state index in [0.717, 1.165) is 19.3 Å². The molecule has 0 aliphatic rings. The Morgan fingerprint density at radius 1 is 0.630 bits per heavy atom. The molecule has 46 heavy (non-hydrogen) atoms. The minimum absolute atomic E-state index is 0.00833. The maximum atomic E-state index is 11.5. The van der Waals surface area contributed by atoms with Crippen LogP contribution in [0.5, 0.6) is 0 Å². The van der Waals surface area contributed by atoms with E-state index in [0.29, 0.717) is 6.42 Å². The van der Waals surface area contributed by atoms with Crippen LogP contribution < -0.4 is 9.67 Å². The monoisotopic (exact) mass is 669 g/mol. The summed E-state index contributed by atoms with van der Waals surface area (Å²) in [5, 5.41) is 8.31. The van der Waals surface area contributed by atoms with Gasteiger partial charge in [0.15, 0.2) is 17.6 Å². The molecule has 1 aromatic rings. The molecule has 8 nitrogen and oxygen atoms in total. The van der Waals surface area contributed by atoms with Crippen molar-refractivity contribution in [3.63, 3.8) is 0 Å². The standard InChI is InChI=1S/C21H38N.C16H30O7S/c1-2-3-4-5-6-7-8-9-10-11-12-13-14-16-19-22-20-17-15-18-21-22;1-2-3-4-5-6-7-8-9-10-11-12-23-16(19)14(13-15(17)18)24(20,21)22/h15,17-18,20-21H,2-14,16,19H2,1H3;14H,2-13H2,1H3,(H,17,18)(H,20,21,22)/q+1;/p-1. The van der Waals surface area contributed by atoms with E-state index in [9.17, 15) is 23.1 Å². The number of unbranched alkanes of at least 4 members (excludes halogenated alkanes) is 22. The van der Waals surface area contributed by atoms with Gasteiger partial charge in [-0.2, -0.15) is 8.42 Å². The normalized spacial score (nSPS) is 11.9. The van der Waals surface area contributed by atoms with E-state index in [1.54, 1.807) is 0 Å². The molecule has 0 radical (unpaired) electrons. The van der Waals surface area contributed by atoms with Crippen molar-refractivity contribution in [2.24, 2.45) is 0 Å². The van der Waals surface area contributed by atoms with Gasteiger partial charge in [0.25, 0.3) is 10.1 Å². The Morgan fingerprint density at radius 2 is 1.00 bits per heavy atom. The highest BCUT2D eigenvalue weighted by molar-refractivity contribution is 7.87. The minimum Gasteiger partial charge on any atom is -0.550 e. The van der Waals surface area contributed by atoms with Crippen molar-refractivity contribution in [1.82, 2.24) is 0 Å². The van der Waals surface area contributed by atoms with Gasteiger partial charge in [-0.1, -0.05) is 155 Å². The molecule has 1 N–H and O–H groups in total. The summed E-state index contributed by atoms with van der Waals surface area (Å²) in [5.41, 5.74) is 0. The zero-order valence-electron chi connectivity index (χ0n) is 29.3. The Balaban J connectivity index is 0.000000883. The number of pyridine rings is 1. The molecule has 1 heterocycles. The molecule has 1 aromatic heterocycles. The average molecular weight is 670 g/mol. The highest BCUT2D eigenvalue weighted by Crippen LogP contribution is 2.14. The van der Waals surface area contributed by atoms with Crippen LogP contribution in [0.2, 0.25) is 0 Å². The van der Waals surface area contributed by atoms with E-state index >= 15 is 0 Å². The first-order valence-electron chi connectivity index (χ1n) is 18.5. The highest BCUT2D eigenvalue weighted by atomic mass is 32.2. The molecule has 0 aromatic carbocycles. The highest BCUT2D eigenvalue weighted by Gasteiger charge is 2.32. The molecule has 1 rings (SSSR count). The minimum atomic E-state index is -4.82. The maximum Gasteiger partial charge on any atom is 0.327 e. The Bertz CT molecular complexity index is 940. The molecule has 0 fully saturated rings. The molecule has 1 atom stereocenters. The molecule has 0 saturated carbocycles. The van der Waals surface area contributed by atoms with Crippen molar-refractivity contribution < 1.29 is 37.0 Å². The number of ether oxygens (including phenoxy) is 1. The van der Waals surface area contributed by atoms with Gasteiger partial charge in [-0.15, -0.1) is 0 Å². The zero-order chi connectivity index (χ0) is 34.1. The number of hydrogen-bond donors (Lipinski definition) is 1. The van der Waals surface area contributed by atoms with Crippen molar-refractivity contribution in [3.8, 4) is 0 Å². The first-order valence-corrected chi connectivity index (χ1v) is 20.0. The lowest BCUT2D eigenvalue weighted by Crippen LogP contribution is -2.38. The number of nitrogens with zero attached hydrogens (tertiary/aromatic N) is 1. The number of esters is 1. The molecule has 0 saturated heterocycles. The molecule has 1 unspecified atom stereocenters. The van der Waals surface area contributed by atoms with E-state index in [1.165, 1.54) is 135 Å². The van der Waals surface area contributed by atoms with Crippen LogP contribution in [0.25, 0.3) is 0 Å². The second-order valence-corrected chi connectivity index (χ2v) is 14.2. The van der Waals surface area contributed by atoms with E-state index in [-0.39, 0.29) is 6.61 Å². The van der Waals surface area contributed by atoms with Crippen LogP contribution in [-0.4, -0.2) is 36.8 Å². The topological polar surface area (TPSA) is 125 Å². The van der Waals surface area contributed by atoms with Gasteiger partial charge < -0.3 is 14.6 Å². The van der Waals surface area contributed by atoms with Crippen LogP contribution in [-0.2, 0) is 31.0 Å². The molecule has 0 spiro atoms. The van der Waals surface area contributed by atoms with Crippen LogP contribution in [0, 0.1) is 0 Å². The molecule has 0 amide bonds. The molecule has 268 valence electrons. The number of aryl methyl sites for hydroxylation is 1. The van der Waals surface area contributed by atoms with Crippen molar-refractivity contribution in [2.45, 2.75) is 186 Å². The number of carbonyl (C=O) groups is 2. The first kappa shape index (κ1) is 44.0. The van der Waals surface area contributed by atoms with E-state index in [1.807, 2.05) is 0 Å². The van der Waals surface area contributed by atoms with Crippen LogP contribution >= 0.6 is 0 Å². The molecule has 0 bridgehead atoms. The van der Waals surface area contributed by atoms with Crippen LogP contribution in [0.15, 0.2) is 30.6 Å². The first-order chi connectivity index (χ1) is 22.2. The van der Waals surface area contributed by atoms with Gasteiger partial charge in [-0.05, 0) is 12.8 Å². The SMILES string of the molecule is CCCCCCCCCCCCCCCC[n+]1ccccc1.CCCCCCCCCCCCOC(=O)C(CC(=O)[O-])S(=O)(=O)O. The second kappa shape index (κ2) is 31.6. The third kappa shape index (κ3) is 29.4. The summed E-state index contributed by atoms with van der Waals surface area (Å²) >= 11 is 0. The Hall–Kier alpha value is -2.00. The van der Waals surface area contributed by atoms with Gasteiger partial charge in [0.2, 0.25) is 0 Å². The lowest BCUT2D eigenvalue weighted by atomic mass is 10.0. The van der Waals surface area contributed by atoms with Gasteiger partial charge in [-0.25, -0.2) is 4.57 Å². The van der Waals surface area contributed by atoms with Crippen molar-refractivity contribution in [2.75, 3.05) is 6.61 Å². The number of hydrogen-bond acceptors (Lipinski definition) is 6. The molecule has 0 aliphatic carbocycles. The average Bonchev–Trinajstić information content (AvgIpc) is 3.02. The van der Waals surface area contributed by atoms with Crippen molar-refractivity contribution in [3.05, 3.63) is 30.6 Å². The predicted molar refractivity (Wildman–Crippen MR) is 185 cm³/mol. The maximum absolute atomic E-state index is 11.5. The lowest BCUT2D eigenvalue weighted by molar-refractivity contribution is -0.697. The summed E-state index contributed by atoms with van der Waals surface area (Å²) in [6.07, 6.45) is 34.3. The fourth-order valence-corrected chi connectivity index (χ4v) is 6.05. The summed E-state index contributed by atoms with van der Waals surface area (Å²) in [4.78, 5) is 22.0. The lowest BCUT2D eigenvalue weighted by Gasteiger charge is -2.13. The fourth-order valence-electron chi connectivity index (χ4n) is 5.39. The van der Waals surface area contributed by atoms with Crippen molar-refractivity contribution in [1.29, 1.82) is 0 Å². The Morgan fingerprint density at radius 3 is 1.37 bits per heavy atom. The third-order valence-electron chi connectivity index (χ3n) is 8.26. The number of carboxylic acid groups (broad SMARTS) is 1. The van der Waals surface area contributed by atoms with Crippen molar-refractivity contribution >= 4 is 22.1 Å². The van der Waals surface area contributed by atoms with Gasteiger partial charge in [0, 0.05) is 30.9 Å². The molecule has 9 heteroatoms. The van der Waals surface area contributed by atoms with Gasteiger partial charge >= 0.3 is 5.97 Å². The van der Waals surface area contributed by atoms with E-state index < -0.39 is 33.7 Å². The van der Waals surface area contributed by atoms with Crippen LogP contribution in [0.3, 0.4) is 0 Å². The van der Waals surface area contributed by atoms with Crippen LogP contribution in [0.1, 0.15) is 174 Å². The predicted octanol–water partition coefficient (Wildman–Crippen LogP) is 8.30. The summed E-state index contributed by atoms with van der Waals surface area (Å²) in [6, 6.07) is 6.31. The van der Waals surface area contributed by atoms with Crippen LogP contribution in [0.4, 0.5) is 0 Å². The smallest absolute Gasteiger partial charge is 0.327 e. The number of aliphatic carboxylic acids is 1. The summed E-state index contributed by atoms with van der Waals surface area (Å²) in [5.74, 6) is -2.99. The third-order valence-corrected chi connectivity index (χ3v) is 9.34. The fraction of sp³-hybridized carbons (Fsp3) is 0.811. The number of carbonyl (C=O) groups excluding carboxylic acids is 2. The molecule has 0 aliphatic heterocycles. The Kier molecular flexibility index (Phi) is 30.2. The molecular weight excluding hydrogens is 602 g/mol. The van der Waals surface area contributed by atoms with E-state index in [2.05, 4.69) is 49.0 Å². The van der Waals surface area contributed by atoms with Gasteiger partial charge in [0.05, 0.1) is 6.61 Å². The summed E-state index contributed by atoms with van der Waals surface area (Å²) in [6.45, 7) is 5.66. The number of carboxylic acids is 1. The second-order valence-electron chi connectivity index (χ2n) is 12.6.